The second-order valence-electron chi connectivity index (χ2n) is 5.61. The highest BCUT2D eigenvalue weighted by atomic mass is 35.5. The number of hydrogen-bond acceptors (Lipinski definition) is 3. The zero-order valence-corrected chi connectivity index (χ0v) is 13.8. The lowest BCUT2D eigenvalue weighted by atomic mass is 10.0. The van der Waals surface area contributed by atoms with Gasteiger partial charge in [0.05, 0.1) is 4.90 Å². The van der Waals surface area contributed by atoms with E-state index in [0.29, 0.717) is 6.42 Å². The molecule has 1 heterocycles. The molecule has 0 radical (unpaired) electrons. The molecule has 0 saturated carbocycles. The van der Waals surface area contributed by atoms with Crippen LogP contribution in [0.15, 0.2) is 23.1 Å². The van der Waals surface area contributed by atoms with Gasteiger partial charge in [0.25, 0.3) is 0 Å². The zero-order chi connectivity index (χ0) is 16.0. The van der Waals surface area contributed by atoms with E-state index in [0.717, 1.165) is 4.31 Å². The van der Waals surface area contributed by atoms with Gasteiger partial charge in [-0.25, -0.2) is 8.42 Å². The van der Waals surface area contributed by atoms with Crippen LogP contribution in [0.5, 0.6) is 0 Å². The van der Waals surface area contributed by atoms with E-state index in [2.05, 4.69) is 0 Å². The Labute approximate surface area is 133 Å². The van der Waals surface area contributed by atoms with Crippen LogP contribution in [0.2, 0.25) is 10.0 Å². The minimum absolute atomic E-state index is 0.0961. The minimum atomic E-state index is -4.00. The molecule has 0 aromatic heterocycles. The van der Waals surface area contributed by atoms with Crippen molar-refractivity contribution in [3.05, 3.63) is 28.2 Å². The summed E-state index contributed by atoms with van der Waals surface area (Å²) in [5.74, 6) is -1.16. The monoisotopic (exact) mass is 351 g/mol. The van der Waals surface area contributed by atoms with E-state index in [9.17, 15) is 18.3 Å². The molecule has 1 saturated heterocycles. The first kappa shape index (κ1) is 16.5. The third-order valence-corrected chi connectivity index (χ3v) is 6.12. The average molecular weight is 352 g/mol. The predicted molar refractivity (Wildman–Crippen MR) is 80.2 cm³/mol. The number of sulfonamides is 1. The second kappa shape index (κ2) is 5.43. The first-order valence-electron chi connectivity index (χ1n) is 6.29. The summed E-state index contributed by atoms with van der Waals surface area (Å²) < 4.78 is 26.7. The van der Waals surface area contributed by atoms with Crippen LogP contribution >= 0.6 is 23.2 Å². The van der Waals surface area contributed by atoms with Gasteiger partial charge in [0.2, 0.25) is 10.0 Å². The van der Waals surface area contributed by atoms with Gasteiger partial charge < -0.3 is 5.11 Å². The number of carbonyl (C=O) groups is 1. The molecule has 1 aliphatic rings. The standard InChI is InChI=1S/C13H15Cl2NO4S/c1-13(2)4-3-11(12(17)18)16(13)21(19,20)10-6-8(14)5-9(15)7-10/h5-7,11H,3-4H2,1-2H3,(H,17,18)/t11-/m1/s1. The van der Waals surface area contributed by atoms with Crippen molar-refractivity contribution in [3.8, 4) is 0 Å². The molecule has 0 aliphatic carbocycles. The Hall–Kier alpha value is -0.820. The number of carboxylic acids is 1. The van der Waals surface area contributed by atoms with E-state index in [1.54, 1.807) is 13.8 Å². The molecule has 5 nitrogen and oxygen atoms in total. The lowest BCUT2D eigenvalue weighted by Crippen LogP contribution is -2.49. The van der Waals surface area contributed by atoms with Crippen LogP contribution in [0.1, 0.15) is 26.7 Å². The molecule has 1 atom stereocenters. The highest BCUT2D eigenvalue weighted by Gasteiger charge is 2.50. The van der Waals surface area contributed by atoms with Gasteiger partial charge in [-0.1, -0.05) is 23.2 Å². The number of carboxylic acid groups (broad SMARTS) is 1. The molecule has 21 heavy (non-hydrogen) atoms. The molecular formula is C13H15Cl2NO4S. The maximum Gasteiger partial charge on any atom is 0.322 e. The normalized spacial score (nSPS) is 22.4. The average Bonchev–Trinajstić information content (AvgIpc) is 2.64. The van der Waals surface area contributed by atoms with E-state index < -0.39 is 27.6 Å². The third kappa shape index (κ3) is 3.04. The molecule has 0 unspecified atom stereocenters. The summed E-state index contributed by atoms with van der Waals surface area (Å²) in [6, 6.07) is 2.89. The van der Waals surface area contributed by atoms with Gasteiger partial charge in [0, 0.05) is 15.6 Å². The van der Waals surface area contributed by atoms with Crippen LogP contribution in [0, 0.1) is 0 Å². The predicted octanol–water partition coefficient (Wildman–Crippen LogP) is 3.01. The van der Waals surface area contributed by atoms with Crippen molar-refractivity contribution in [1.29, 1.82) is 0 Å². The molecule has 116 valence electrons. The molecular weight excluding hydrogens is 337 g/mol. The van der Waals surface area contributed by atoms with E-state index >= 15 is 0 Å². The van der Waals surface area contributed by atoms with Gasteiger partial charge in [-0.15, -0.1) is 0 Å². The van der Waals surface area contributed by atoms with Gasteiger partial charge in [-0.2, -0.15) is 4.31 Å². The molecule has 1 aromatic carbocycles. The van der Waals surface area contributed by atoms with Gasteiger partial charge in [0.15, 0.2) is 0 Å². The van der Waals surface area contributed by atoms with Crippen molar-refractivity contribution in [3.63, 3.8) is 0 Å². The number of hydrogen-bond donors (Lipinski definition) is 1. The van der Waals surface area contributed by atoms with E-state index in [1.807, 2.05) is 0 Å². The van der Waals surface area contributed by atoms with Crippen LogP contribution in [0.3, 0.4) is 0 Å². The van der Waals surface area contributed by atoms with Gasteiger partial charge in [-0.05, 0) is 44.9 Å². The minimum Gasteiger partial charge on any atom is -0.480 e. The summed E-state index contributed by atoms with van der Waals surface area (Å²) in [5.41, 5.74) is -0.781. The fourth-order valence-corrected chi connectivity index (χ4v) is 5.35. The molecule has 0 spiro atoms. The number of rotatable bonds is 3. The van der Waals surface area contributed by atoms with Crippen molar-refractivity contribution in [2.24, 2.45) is 0 Å². The largest absolute Gasteiger partial charge is 0.480 e. The molecule has 1 aromatic rings. The Bertz CT molecular complexity index is 667. The summed E-state index contributed by atoms with van der Waals surface area (Å²) in [4.78, 5) is 11.3. The molecule has 0 amide bonds. The smallest absolute Gasteiger partial charge is 0.322 e. The van der Waals surface area contributed by atoms with Crippen LogP contribution in [-0.4, -0.2) is 35.4 Å². The molecule has 0 bridgehead atoms. The quantitative estimate of drug-likeness (QED) is 0.907. The van der Waals surface area contributed by atoms with Crippen molar-refractivity contribution >= 4 is 39.2 Å². The number of halogens is 2. The van der Waals surface area contributed by atoms with Gasteiger partial charge in [0.1, 0.15) is 6.04 Å². The first-order valence-corrected chi connectivity index (χ1v) is 8.49. The number of benzene rings is 1. The van der Waals surface area contributed by atoms with Crippen molar-refractivity contribution in [2.45, 2.75) is 43.2 Å². The highest BCUT2D eigenvalue weighted by molar-refractivity contribution is 7.89. The molecule has 8 heteroatoms. The summed E-state index contributed by atoms with van der Waals surface area (Å²) >= 11 is 11.7. The molecule has 1 aliphatic heterocycles. The SMILES string of the molecule is CC1(C)CC[C@H](C(=O)O)N1S(=O)(=O)c1cc(Cl)cc(Cl)c1. The Morgan fingerprint density at radius 1 is 1.29 bits per heavy atom. The van der Waals surface area contributed by atoms with Crippen molar-refractivity contribution in [1.82, 2.24) is 4.31 Å². The molecule has 2 rings (SSSR count). The molecule has 1 N–H and O–H groups in total. The van der Waals surface area contributed by atoms with Gasteiger partial charge in [-0.3, -0.25) is 4.79 Å². The van der Waals surface area contributed by atoms with Crippen LogP contribution in [-0.2, 0) is 14.8 Å². The lowest BCUT2D eigenvalue weighted by Gasteiger charge is -2.33. The third-order valence-electron chi connectivity index (χ3n) is 3.59. The Kier molecular flexibility index (Phi) is 4.28. The Morgan fingerprint density at radius 2 is 1.81 bits per heavy atom. The van der Waals surface area contributed by atoms with E-state index in [1.165, 1.54) is 18.2 Å². The lowest BCUT2D eigenvalue weighted by molar-refractivity contribution is -0.141. The number of aliphatic carboxylic acids is 1. The zero-order valence-electron chi connectivity index (χ0n) is 11.5. The Balaban J connectivity index is 2.57. The Morgan fingerprint density at radius 3 is 2.29 bits per heavy atom. The van der Waals surface area contributed by atoms with Crippen LogP contribution in [0.25, 0.3) is 0 Å². The summed E-state index contributed by atoms with van der Waals surface area (Å²) in [6.45, 7) is 3.42. The van der Waals surface area contributed by atoms with Crippen molar-refractivity contribution < 1.29 is 18.3 Å². The maximum atomic E-state index is 12.8. The summed E-state index contributed by atoms with van der Waals surface area (Å²) in [5, 5.41) is 9.65. The number of nitrogens with zero attached hydrogens (tertiary/aromatic N) is 1. The van der Waals surface area contributed by atoms with E-state index in [4.69, 9.17) is 23.2 Å². The van der Waals surface area contributed by atoms with Crippen molar-refractivity contribution in [2.75, 3.05) is 0 Å². The maximum absolute atomic E-state index is 12.8. The van der Waals surface area contributed by atoms with Gasteiger partial charge >= 0.3 is 5.97 Å². The summed E-state index contributed by atoms with van der Waals surface area (Å²) in [6.07, 6.45) is 0.743. The molecule has 1 fully saturated rings. The summed E-state index contributed by atoms with van der Waals surface area (Å²) in [7, 11) is -4.00. The van der Waals surface area contributed by atoms with E-state index in [-0.39, 0.29) is 21.4 Å². The van der Waals surface area contributed by atoms with Crippen LogP contribution in [0.4, 0.5) is 0 Å². The second-order valence-corrected chi connectivity index (χ2v) is 8.30. The fraction of sp³-hybridized carbons (Fsp3) is 0.462. The first-order chi connectivity index (χ1) is 9.55. The fourth-order valence-electron chi connectivity index (χ4n) is 2.65. The highest BCUT2D eigenvalue weighted by Crippen LogP contribution is 2.39. The van der Waals surface area contributed by atoms with Crippen LogP contribution < -0.4 is 0 Å². The topological polar surface area (TPSA) is 74.7 Å².